The molecule has 0 radical (unpaired) electrons. The molecule has 3 aliphatic rings. The molecule has 1 aromatic heterocycles. The number of hydrogen-bond donors (Lipinski definition) is 3. The maximum atomic E-state index is 10.1. The predicted octanol–water partition coefficient (Wildman–Crippen LogP) is 4.17. The average molecular weight is 404 g/mol. The first-order valence-electron chi connectivity index (χ1n) is 10.00. The Morgan fingerprint density at radius 2 is 1.86 bits per heavy atom. The van der Waals surface area contributed by atoms with Crippen molar-refractivity contribution in [1.82, 2.24) is 10.2 Å². The molecule has 1 saturated heterocycles. The number of halogens is 1. The Labute approximate surface area is 169 Å². The van der Waals surface area contributed by atoms with E-state index in [1.807, 2.05) is 0 Å². The summed E-state index contributed by atoms with van der Waals surface area (Å²) in [5, 5.41) is 27.8. The lowest BCUT2D eigenvalue weighted by Gasteiger charge is -2.26. The van der Waals surface area contributed by atoms with Crippen molar-refractivity contribution in [1.29, 1.82) is 0 Å². The second kappa shape index (κ2) is 8.23. The highest BCUT2D eigenvalue weighted by Gasteiger charge is 2.37. The van der Waals surface area contributed by atoms with Crippen LogP contribution in [0.25, 0.3) is 11.3 Å². The van der Waals surface area contributed by atoms with Crippen LogP contribution < -0.4 is 5.73 Å². The second-order valence-corrected chi connectivity index (χ2v) is 8.24. The van der Waals surface area contributed by atoms with Gasteiger partial charge in [-0.1, -0.05) is 30.9 Å². The topological polar surface area (TPSA) is 101 Å². The zero-order chi connectivity index (χ0) is 19.7. The quantitative estimate of drug-likeness (QED) is 0.660. The van der Waals surface area contributed by atoms with Gasteiger partial charge in [0.1, 0.15) is 11.4 Å². The number of aliphatic hydroxyl groups excluding tert-OH is 1. The molecule has 2 atom stereocenters. The van der Waals surface area contributed by atoms with E-state index in [-0.39, 0.29) is 24.1 Å². The van der Waals surface area contributed by atoms with Gasteiger partial charge in [0.05, 0.1) is 18.3 Å². The molecule has 0 spiro atoms. The van der Waals surface area contributed by atoms with Crippen LogP contribution in [0.5, 0.6) is 5.75 Å². The first kappa shape index (κ1) is 19.4. The third-order valence-electron chi connectivity index (χ3n) is 5.80. The van der Waals surface area contributed by atoms with E-state index >= 15 is 0 Å². The largest absolute Gasteiger partial charge is 0.507 e. The average Bonchev–Trinajstić information content (AvgIpc) is 3.05. The standard InChI is InChI=1S/C15H14ClN3O2.C6H12O/c16-7-1-3-9(11(20)5-7)14-10-6-8-2-4-12(21-8)13(10)15(17)19-18-14;7-6-4-2-1-3-5-6/h1,3,5,8,12,20H,2,4,6H2,(H2,17,19);6-7H,1-5H2/t8-,12+;/m0./s1. The van der Waals surface area contributed by atoms with Crippen LogP contribution in [-0.2, 0) is 11.2 Å². The molecule has 2 aromatic rings. The fourth-order valence-corrected chi connectivity index (χ4v) is 4.53. The van der Waals surface area contributed by atoms with Crippen LogP contribution in [0.2, 0.25) is 5.02 Å². The Hall–Kier alpha value is -1.89. The lowest BCUT2D eigenvalue weighted by Crippen LogP contribution is -2.21. The summed E-state index contributed by atoms with van der Waals surface area (Å²) in [6, 6.07) is 5.00. The van der Waals surface area contributed by atoms with Crippen LogP contribution in [0.4, 0.5) is 5.82 Å². The number of nitrogens with zero attached hydrogens (tertiary/aromatic N) is 2. The van der Waals surface area contributed by atoms with Crippen LogP contribution >= 0.6 is 11.6 Å². The highest BCUT2D eigenvalue weighted by molar-refractivity contribution is 6.30. The normalized spacial score (nSPS) is 23.6. The minimum Gasteiger partial charge on any atom is -0.507 e. The summed E-state index contributed by atoms with van der Waals surface area (Å²) in [5.41, 5.74) is 9.28. The molecule has 150 valence electrons. The number of benzene rings is 1. The predicted molar refractivity (Wildman–Crippen MR) is 108 cm³/mol. The molecule has 1 saturated carbocycles. The molecule has 7 heteroatoms. The molecule has 3 heterocycles. The van der Waals surface area contributed by atoms with Crippen molar-refractivity contribution in [3.8, 4) is 17.0 Å². The fourth-order valence-electron chi connectivity index (χ4n) is 4.36. The first-order chi connectivity index (χ1) is 13.5. The van der Waals surface area contributed by atoms with E-state index in [0.29, 0.717) is 22.1 Å². The minimum absolute atomic E-state index is 0.00226. The van der Waals surface area contributed by atoms with Crippen molar-refractivity contribution in [2.45, 2.75) is 69.7 Å². The van der Waals surface area contributed by atoms with E-state index in [2.05, 4.69) is 10.2 Å². The molecular weight excluding hydrogens is 378 g/mol. The van der Waals surface area contributed by atoms with Crippen molar-refractivity contribution in [2.75, 3.05) is 5.73 Å². The highest BCUT2D eigenvalue weighted by atomic mass is 35.5. The number of rotatable bonds is 1. The number of hydrogen-bond acceptors (Lipinski definition) is 6. The Kier molecular flexibility index (Phi) is 5.71. The van der Waals surface area contributed by atoms with Gasteiger partial charge in [-0.25, -0.2) is 0 Å². The van der Waals surface area contributed by atoms with Crippen molar-refractivity contribution in [3.63, 3.8) is 0 Å². The Morgan fingerprint density at radius 1 is 1.07 bits per heavy atom. The summed E-state index contributed by atoms with van der Waals surface area (Å²) in [7, 11) is 0. The van der Waals surface area contributed by atoms with E-state index < -0.39 is 0 Å². The van der Waals surface area contributed by atoms with E-state index in [1.54, 1.807) is 12.1 Å². The number of phenols is 1. The van der Waals surface area contributed by atoms with Crippen LogP contribution in [0.1, 0.15) is 62.2 Å². The van der Waals surface area contributed by atoms with Gasteiger partial charge in [-0.15, -0.1) is 10.2 Å². The molecule has 5 rings (SSSR count). The summed E-state index contributed by atoms with van der Waals surface area (Å²) in [6.07, 6.45) is 8.86. The number of nitrogens with two attached hydrogens (primary N) is 1. The highest BCUT2D eigenvalue weighted by Crippen LogP contribution is 2.46. The van der Waals surface area contributed by atoms with Crippen LogP contribution in [0.3, 0.4) is 0 Å². The number of phenolic OH excluding ortho intramolecular Hbond substituents is 1. The van der Waals surface area contributed by atoms with Crippen molar-refractivity contribution >= 4 is 17.4 Å². The third kappa shape index (κ3) is 3.95. The van der Waals surface area contributed by atoms with Gasteiger partial charge in [-0.3, -0.25) is 0 Å². The molecule has 0 amide bonds. The third-order valence-corrected chi connectivity index (χ3v) is 6.03. The van der Waals surface area contributed by atoms with Crippen molar-refractivity contribution < 1.29 is 14.9 Å². The Morgan fingerprint density at radius 3 is 2.54 bits per heavy atom. The van der Waals surface area contributed by atoms with Crippen molar-refractivity contribution in [3.05, 3.63) is 34.3 Å². The Balaban J connectivity index is 0.000000233. The maximum absolute atomic E-state index is 10.1. The molecule has 28 heavy (non-hydrogen) atoms. The number of aromatic hydroxyl groups is 1. The van der Waals surface area contributed by atoms with Gasteiger partial charge in [0.25, 0.3) is 0 Å². The van der Waals surface area contributed by atoms with Crippen LogP contribution in [0.15, 0.2) is 18.2 Å². The molecule has 1 aliphatic carbocycles. The summed E-state index contributed by atoms with van der Waals surface area (Å²) in [5.74, 6) is 0.523. The summed E-state index contributed by atoms with van der Waals surface area (Å²) in [6.45, 7) is 0. The number of nitrogen functional groups attached to an aromatic ring is 1. The number of ether oxygens (including phenoxy) is 1. The second-order valence-electron chi connectivity index (χ2n) is 7.81. The molecule has 1 aromatic carbocycles. The van der Waals surface area contributed by atoms with Gasteiger partial charge >= 0.3 is 0 Å². The van der Waals surface area contributed by atoms with Gasteiger partial charge in [-0.05, 0) is 49.4 Å². The smallest absolute Gasteiger partial charge is 0.152 e. The summed E-state index contributed by atoms with van der Waals surface area (Å²) >= 11 is 5.89. The summed E-state index contributed by atoms with van der Waals surface area (Å²) in [4.78, 5) is 0. The monoisotopic (exact) mass is 403 g/mol. The molecule has 2 fully saturated rings. The van der Waals surface area contributed by atoms with E-state index in [9.17, 15) is 5.11 Å². The van der Waals surface area contributed by atoms with Crippen molar-refractivity contribution in [2.24, 2.45) is 0 Å². The lowest BCUT2D eigenvalue weighted by molar-refractivity contribution is 0.0326. The van der Waals surface area contributed by atoms with Gasteiger partial charge in [-0.2, -0.15) is 0 Å². The lowest BCUT2D eigenvalue weighted by atomic mass is 9.94. The van der Waals surface area contributed by atoms with Gasteiger partial charge in [0.2, 0.25) is 0 Å². The van der Waals surface area contributed by atoms with E-state index in [1.165, 1.54) is 25.3 Å². The minimum atomic E-state index is 0.00226. The molecular formula is C21H26ClN3O3. The Bertz CT molecular complexity index is 855. The number of aliphatic hydroxyl groups is 1. The molecule has 2 aliphatic heterocycles. The zero-order valence-electron chi connectivity index (χ0n) is 15.8. The number of aromatic nitrogens is 2. The number of fused-ring (bicyclic) bond motifs is 4. The SMILES string of the molecule is Nc1nnc(-c2ccc(Cl)cc2O)c2c1[C@H]1CC[C@@H](C2)O1.OC1CCCCC1. The van der Waals surface area contributed by atoms with Gasteiger partial charge < -0.3 is 20.7 Å². The first-order valence-corrected chi connectivity index (χ1v) is 10.4. The molecule has 6 nitrogen and oxygen atoms in total. The number of anilines is 1. The maximum Gasteiger partial charge on any atom is 0.152 e. The molecule has 0 unspecified atom stereocenters. The van der Waals surface area contributed by atoms with Gasteiger partial charge in [0.15, 0.2) is 5.82 Å². The summed E-state index contributed by atoms with van der Waals surface area (Å²) < 4.78 is 5.91. The van der Waals surface area contributed by atoms with E-state index in [0.717, 1.165) is 43.2 Å². The molecule has 4 N–H and O–H groups in total. The zero-order valence-corrected chi connectivity index (χ0v) is 16.5. The van der Waals surface area contributed by atoms with Gasteiger partial charge in [0, 0.05) is 22.6 Å². The van der Waals surface area contributed by atoms with E-state index in [4.69, 9.17) is 27.2 Å². The van der Waals surface area contributed by atoms with Crippen LogP contribution in [0, 0.1) is 0 Å². The molecule has 2 bridgehead atoms. The van der Waals surface area contributed by atoms with Crippen LogP contribution in [-0.4, -0.2) is 32.6 Å². The fraction of sp³-hybridized carbons (Fsp3) is 0.524.